The van der Waals surface area contributed by atoms with Crippen molar-refractivity contribution in [2.45, 2.75) is 31.9 Å². The maximum atomic E-state index is 13.3. The molecule has 1 atom stereocenters. The van der Waals surface area contributed by atoms with E-state index in [1.807, 2.05) is 37.4 Å². The Hall–Kier alpha value is -3.75. The Bertz CT molecular complexity index is 1410. The predicted octanol–water partition coefficient (Wildman–Crippen LogP) is 3.89. The molecule has 4 aromatic rings. The summed E-state index contributed by atoms with van der Waals surface area (Å²) in [6.07, 6.45) is 1.56. The molecule has 1 fully saturated rings. The molecule has 7 nitrogen and oxygen atoms in total. The average Bonchev–Trinajstić information content (AvgIpc) is 3.43. The number of alkyl halides is 2. The number of carbonyl (C=O) groups is 1. The molecule has 1 amide bonds. The van der Waals surface area contributed by atoms with Crippen LogP contribution in [0, 0.1) is 0 Å². The van der Waals surface area contributed by atoms with Gasteiger partial charge in [-0.15, -0.1) is 0 Å². The van der Waals surface area contributed by atoms with Gasteiger partial charge in [-0.3, -0.25) is 14.3 Å². The van der Waals surface area contributed by atoms with Crippen LogP contribution < -0.4 is 10.9 Å². The van der Waals surface area contributed by atoms with Crippen LogP contribution in [0.5, 0.6) is 0 Å². The number of amides is 1. The lowest BCUT2D eigenvalue weighted by Crippen LogP contribution is -2.42. The van der Waals surface area contributed by atoms with Crippen molar-refractivity contribution in [1.29, 1.82) is 0 Å². The zero-order chi connectivity index (χ0) is 23.1. The van der Waals surface area contributed by atoms with Crippen molar-refractivity contribution in [2.75, 3.05) is 11.9 Å². The minimum atomic E-state index is -2.59. The number of hydrogen-bond acceptors (Lipinski definition) is 4. The summed E-state index contributed by atoms with van der Waals surface area (Å²) >= 11 is 0. The molecule has 9 heteroatoms. The van der Waals surface area contributed by atoms with Crippen LogP contribution in [0.15, 0.2) is 59.7 Å². The number of halogens is 2. The minimum absolute atomic E-state index is 0.270. The molecule has 0 spiro atoms. The number of aryl methyl sites for hydroxylation is 1. The quantitative estimate of drug-likeness (QED) is 0.500. The highest BCUT2D eigenvalue weighted by Gasteiger charge is 2.35. The monoisotopic (exact) mass is 451 g/mol. The van der Waals surface area contributed by atoms with Crippen molar-refractivity contribution in [2.24, 2.45) is 7.05 Å². The molecule has 5 rings (SSSR count). The Labute approximate surface area is 188 Å². The largest absolute Gasteiger partial charge is 0.355 e. The number of benzene rings is 2. The van der Waals surface area contributed by atoms with Gasteiger partial charge in [0.05, 0.1) is 28.8 Å². The second-order valence-corrected chi connectivity index (χ2v) is 8.32. The number of fused-ring (bicyclic) bond motifs is 2. The summed E-state index contributed by atoms with van der Waals surface area (Å²) in [6, 6.07) is 12.0. The van der Waals surface area contributed by atoms with E-state index in [0.717, 1.165) is 22.0 Å². The molecule has 0 saturated carbocycles. The van der Waals surface area contributed by atoms with Gasteiger partial charge in [-0.05, 0) is 48.6 Å². The molecule has 1 aliphatic rings. The van der Waals surface area contributed by atoms with Crippen molar-refractivity contribution < 1.29 is 13.6 Å². The first-order chi connectivity index (χ1) is 15.9. The van der Waals surface area contributed by atoms with E-state index in [-0.39, 0.29) is 18.5 Å². The van der Waals surface area contributed by atoms with E-state index >= 15 is 0 Å². The van der Waals surface area contributed by atoms with Gasteiger partial charge in [0.2, 0.25) is 5.91 Å². The SMILES string of the molecule is Cn1ncc2cc(Nc3cccc4ccn(CC(=O)N5CCC[C@H]5C(F)F)c(=O)c34)ccc21. The standard InChI is InChI=1S/C24H23F2N5O2/c1-29-19-8-7-17(12-16(19)13-27-29)28-18-5-2-4-15-9-11-30(24(33)22(15)18)14-21(32)31-10-3-6-20(31)23(25)26/h2,4-5,7-9,11-13,20,23,28H,3,6,10,14H2,1H3/t20-/m0/s1. The number of aromatic nitrogens is 3. The fraction of sp³-hybridized carbons (Fsp3) is 0.292. The van der Waals surface area contributed by atoms with Gasteiger partial charge in [-0.2, -0.15) is 5.10 Å². The number of carbonyl (C=O) groups excluding carboxylic acids is 1. The zero-order valence-electron chi connectivity index (χ0n) is 18.0. The Balaban J connectivity index is 1.47. The van der Waals surface area contributed by atoms with E-state index in [1.54, 1.807) is 29.2 Å². The molecule has 0 unspecified atom stereocenters. The number of hydrogen-bond donors (Lipinski definition) is 1. The van der Waals surface area contributed by atoms with Crippen molar-refractivity contribution >= 4 is 39.0 Å². The number of nitrogens with zero attached hydrogens (tertiary/aromatic N) is 4. The third kappa shape index (κ3) is 3.83. The van der Waals surface area contributed by atoms with E-state index in [0.29, 0.717) is 24.0 Å². The van der Waals surface area contributed by atoms with Crippen molar-refractivity contribution in [3.63, 3.8) is 0 Å². The lowest BCUT2D eigenvalue weighted by atomic mass is 10.1. The summed E-state index contributed by atoms with van der Waals surface area (Å²) < 4.78 is 29.6. The number of rotatable bonds is 5. The van der Waals surface area contributed by atoms with Crippen LogP contribution >= 0.6 is 0 Å². The third-order valence-electron chi connectivity index (χ3n) is 6.25. The number of nitrogens with one attached hydrogen (secondary N) is 1. The maximum absolute atomic E-state index is 13.3. The lowest BCUT2D eigenvalue weighted by molar-refractivity contribution is -0.135. The van der Waals surface area contributed by atoms with Crippen molar-refractivity contribution in [1.82, 2.24) is 19.2 Å². The first kappa shape index (κ1) is 21.1. The van der Waals surface area contributed by atoms with E-state index in [2.05, 4.69) is 10.4 Å². The first-order valence-electron chi connectivity index (χ1n) is 10.8. The van der Waals surface area contributed by atoms with Gasteiger partial charge in [-0.25, -0.2) is 8.78 Å². The highest BCUT2D eigenvalue weighted by molar-refractivity contribution is 5.95. The van der Waals surface area contributed by atoms with Crippen LogP contribution in [0.3, 0.4) is 0 Å². The number of pyridine rings is 1. The first-order valence-corrected chi connectivity index (χ1v) is 10.8. The third-order valence-corrected chi connectivity index (χ3v) is 6.25. The summed E-state index contributed by atoms with van der Waals surface area (Å²) in [6.45, 7) is 0.0216. The van der Waals surface area contributed by atoms with Gasteiger partial charge in [0.1, 0.15) is 6.54 Å². The number of likely N-dealkylation sites (tertiary alicyclic amines) is 1. The molecule has 2 aromatic carbocycles. The smallest absolute Gasteiger partial charge is 0.261 e. The van der Waals surface area contributed by atoms with Gasteiger partial charge in [0, 0.05) is 30.9 Å². The maximum Gasteiger partial charge on any atom is 0.261 e. The van der Waals surface area contributed by atoms with E-state index in [9.17, 15) is 18.4 Å². The minimum Gasteiger partial charge on any atom is -0.355 e. The van der Waals surface area contributed by atoms with Gasteiger partial charge in [-0.1, -0.05) is 12.1 Å². The molecule has 0 aliphatic carbocycles. The average molecular weight is 451 g/mol. The highest BCUT2D eigenvalue weighted by Crippen LogP contribution is 2.27. The molecular weight excluding hydrogens is 428 g/mol. The zero-order valence-corrected chi connectivity index (χ0v) is 18.0. The van der Waals surface area contributed by atoms with Gasteiger partial charge in [0.15, 0.2) is 0 Å². The van der Waals surface area contributed by atoms with Crippen LogP contribution in [0.4, 0.5) is 20.2 Å². The Morgan fingerprint density at radius 3 is 2.88 bits per heavy atom. The summed E-state index contributed by atoms with van der Waals surface area (Å²) in [5, 5.41) is 9.67. The fourth-order valence-electron chi connectivity index (χ4n) is 4.56. The second-order valence-electron chi connectivity index (χ2n) is 8.32. The van der Waals surface area contributed by atoms with Crippen LogP contribution in [0.2, 0.25) is 0 Å². The molecule has 0 radical (unpaired) electrons. The van der Waals surface area contributed by atoms with Crippen LogP contribution in [0.25, 0.3) is 21.7 Å². The molecule has 1 saturated heterocycles. The second kappa shape index (κ2) is 8.31. The lowest BCUT2D eigenvalue weighted by Gasteiger charge is -2.24. The van der Waals surface area contributed by atoms with E-state index in [1.165, 1.54) is 9.47 Å². The van der Waals surface area contributed by atoms with Crippen LogP contribution in [0.1, 0.15) is 12.8 Å². The normalized spacial score (nSPS) is 16.2. The van der Waals surface area contributed by atoms with Crippen molar-refractivity contribution in [3.05, 3.63) is 65.2 Å². The summed E-state index contributed by atoms with van der Waals surface area (Å²) in [5.41, 5.74) is 2.04. The van der Waals surface area contributed by atoms with Gasteiger partial charge < -0.3 is 14.8 Å². The predicted molar refractivity (Wildman–Crippen MR) is 123 cm³/mol. The Morgan fingerprint density at radius 1 is 1.21 bits per heavy atom. The number of anilines is 2. The Morgan fingerprint density at radius 2 is 2.06 bits per heavy atom. The Kier molecular flexibility index (Phi) is 5.32. The molecule has 3 heterocycles. The summed E-state index contributed by atoms with van der Waals surface area (Å²) in [7, 11) is 1.87. The van der Waals surface area contributed by atoms with E-state index < -0.39 is 18.4 Å². The molecule has 1 N–H and O–H groups in total. The van der Waals surface area contributed by atoms with E-state index in [4.69, 9.17) is 0 Å². The molecule has 0 bridgehead atoms. The molecule has 1 aliphatic heterocycles. The molecular formula is C24H23F2N5O2. The van der Waals surface area contributed by atoms with Crippen LogP contribution in [-0.2, 0) is 18.4 Å². The molecule has 33 heavy (non-hydrogen) atoms. The highest BCUT2D eigenvalue weighted by atomic mass is 19.3. The van der Waals surface area contributed by atoms with Gasteiger partial charge in [0.25, 0.3) is 12.0 Å². The van der Waals surface area contributed by atoms with Crippen LogP contribution in [-0.4, -0.2) is 44.2 Å². The fourth-order valence-corrected chi connectivity index (χ4v) is 4.56. The molecule has 170 valence electrons. The topological polar surface area (TPSA) is 72.2 Å². The summed E-state index contributed by atoms with van der Waals surface area (Å²) in [5.74, 6) is -0.466. The van der Waals surface area contributed by atoms with Crippen molar-refractivity contribution in [3.8, 4) is 0 Å². The summed E-state index contributed by atoms with van der Waals surface area (Å²) in [4.78, 5) is 27.2. The molecule has 2 aromatic heterocycles. The van der Waals surface area contributed by atoms with Gasteiger partial charge >= 0.3 is 0 Å².